The molecule has 9 nitrogen and oxygen atoms in total. The molecule has 32 heavy (non-hydrogen) atoms. The minimum Gasteiger partial charge on any atom is -0.493 e. The molecule has 10 heteroatoms. The van der Waals surface area contributed by atoms with Gasteiger partial charge in [0.05, 0.1) is 25.5 Å². The zero-order valence-corrected chi connectivity index (χ0v) is 19.3. The van der Waals surface area contributed by atoms with E-state index >= 15 is 0 Å². The van der Waals surface area contributed by atoms with E-state index in [9.17, 15) is 13.2 Å². The van der Waals surface area contributed by atoms with Gasteiger partial charge in [0, 0.05) is 29.3 Å². The normalized spacial score (nSPS) is 16.2. The number of aryl methyl sites for hydroxylation is 1. The highest BCUT2D eigenvalue weighted by molar-refractivity contribution is 7.91. The molecule has 2 heterocycles. The fourth-order valence-corrected chi connectivity index (χ4v) is 5.27. The first-order chi connectivity index (χ1) is 15.4. The van der Waals surface area contributed by atoms with Gasteiger partial charge in [-0.3, -0.25) is 9.78 Å². The van der Waals surface area contributed by atoms with Gasteiger partial charge in [-0.2, -0.15) is 0 Å². The number of hydrogen-bond acceptors (Lipinski definition) is 8. The first kappa shape index (κ1) is 22.6. The fraction of sp³-hybridized carbons (Fsp3) is 0.545. The molecule has 4 rings (SSSR count). The van der Waals surface area contributed by atoms with Crippen molar-refractivity contribution in [3.63, 3.8) is 0 Å². The van der Waals surface area contributed by atoms with Crippen LogP contribution >= 0.6 is 0 Å². The number of benzene rings is 1. The molecule has 0 bridgehead atoms. The lowest BCUT2D eigenvalue weighted by atomic mass is 10.1. The number of carbonyl (C=O) groups excluding carboxylic acids is 1. The van der Waals surface area contributed by atoms with Gasteiger partial charge in [-0.05, 0) is 57.7 Å². The third kappa shape index (κ3) is 4.61. The third-order valence-corrected chi connectivity index (χ3v) is 6.84. The molecule has 1 aromatic carbocycles. The van der Waals surface area contributed by atoms with Crippen LogP contribution in [-0.4, -0.2) is 64.4 Å². The molecule has 0 N–H and O–H groups in total. The molecule has 0 atom stereocenters. The molecule has 2 aromatic rings. The number of hydrogen-bond donors (Lipinski definition) is 0. The van der Waals surface area contributed by atoms with Crippen LogP contribution in [0.4, 0.5) is 5.69 Å². The minimum absolute atomic E-state index is 0.115. The summed E-state index contributed by atoms with van der Waals surface area (Å²) in [6.07, 6.45) is 6.65. The van der Waals surface area contributed by atoms with Gasteiger partial charge < -0.3 is 19.2 Å². The number of pyridine rings is 1. The standard InChI is InChI=1S/C22H29N3O6S/c1-29-20-13-17-19(14-21(20)30-12-6-11-24-9-3-4-10-24)23-18-8-5-7-16(18)22(17)25(31-15-26)32(2,27)28/h13-15H,3-12H2,1-2H3. The minimum atomic E-state index is -3.87. The number of sulfonamides is 1. The maximum atomic E-state index is 12.4. The number of rotatable bonds is 10. The van der Waals surface area contributed by atoms with E-state index in [2.05, 4.69) is 4.90 Å². The fourth-order valence-electron chi connectivity index (χ4n) is 4.54. The quantitative estimate of drug-likeness (QED) is 0.301. The highest BCUT2D eigenvalue weighted by Gasteiger charge is 2.30. The van der Waals surface area contributed by atoms with Crippen LogP contribution in [0, 0.1) is 0 Å². The maximum Gasteiger partial charge on any atom is 0.322 e. The summed E-state index contributed by atoms with van der Waals surface area (Å²) >= 11 is 0. The van der Waals surface area contributed by atoms with E-state index in [1.807, 2.05) is 0 Å². The molecule has 1 aromatic heterocycles. The summed E-state index contributed by atoms with van der Waals surface area (Å²) < 4.78 is 37.1. The second-order valence-corrected chi connectivity index (χ2v) is 10.00. The highest BCUT2D eigenvalue weighted by atomic mass is 32.2. The summed E-state index contributed by atoms with van der Waals surface area (Å²) in [6.45, 7) is 3.95. The number of aromatic nitrogens is 1. The second-order valence-electron chi connectivity index (χ2n) is 8.20. The van der Waals surface area contributed by atoms with E-state index in [1.54, 1.807) is 12.1 Å². The number of anilines is 1. The van der Waals surface area contributed by atoms with E-state index in [-0.39, 0.29) is 6.47 Å². The summed E-state index contributed by atoms with van der Waals surface area (Å²) in [5.41, 5.74) is 2.46. The van der Waals surface area contributed by atoms with Crippen molar-refractivity contribution in [2.75, 3.05) is 44.1 Å². The van der Waals surface area contributed by atoms with Crippen molar-refractivity contribution in [3.8, 4) is 11.5 Å². The molecular weight excluding hydrogens is 434 g/mol. The summed E-state index contributed by atoms with van der Waals surface area (Å²) in [7, 11) is -2.34. The molecule has 1 fully saturated rings. The van der Waals surface area contributed by atoms with E-state index in [4.69, 9.17) is 19.3 Å². The van der Waals surface area contributed by atoms with Crippen LogP contribution in [0.25, 0.3) is 10.9 Å². The Kier molecular flexibility index (Phi) is 6.71. The molecule has 174 valence electrons. The molecule has 0 amide bonds. The highest BCUT2D eigenvalue weighted by Crippen LogP contribution is 2.42. The monoisotopic (exact) mass is 463 g/mol. The Hall–Kier alpha value is -2.59. The van der Waals surface area contributed by atoms with Gasteiger partial charge in [-0.15, -0.1) is 0 Å². The lowest BCUT2D eigenvalue weighted by molar-refractivity contribution is -0.128. The van der Waals surface area contributed by atoms with Crippen molar-refractivity contribution >= 4 is 33.1 Å². The Morgan fingerprint density at radius 3 is 2.62 bits per heavy atom. The van der Waals surface area contributed by atoms with Crippen LogP contribution < -0.4 is 13.9 Å². The number of methoxy groups -OCH3 is 1. The Morgan fingerprint density at radius 1 is 1.16 bits per heavy atom. The van der Waals surface area contributed by atoms with E-state index < -0.39 is 10.0 Å². The number of nitrogens with zero attached hydrogens (tertiary/aromatic N) is 3. The average molecular weight is 464 g/mol. The lowest BCUT2D eigenvalue weighted by Crippen LogP contribution is -2.31. The van der Waals surface area contributed by atoms with Crippen molar-refractivity contribution in [2.45, 2.75) is 38.5 Å². The van der Waals surface area contributed by atoms with Gasteiger partial charge in [-0.1, -0.05) is 4.47 Å². The van der Waals surface area contributed by atoms with Crippen LogP contribution in [0.1, 0.15) is 36.9 Å². The Balaban J connectivity index is 1.70. The van der Waals surface area contributed by atoms with Crippen LogP contribution in [-0.2, 0) is 32.5 Å². The molecule has 1 saturated heterocycles. The summed E-state index contributed by atoms with van der Waals surface area (Å²) in [6, 6.07) is 3.48. The number of carbonyl (C=O) groups is 1. The first-order valence-corrected chi connectivity index (χ1v) is 12.8. The molecule has 0 radical (unpaired) electrons. The van der Waals surface area contributed by atoms with Crippen LogP contribution in [0.15, 0.2) is 12.1 Å². The second kappa shape index (κ2) is 9.50. The largest absolute Gasteiger partial charge is 0.493 e. The van der Waals surface area contributed by atoms with Gasteiger partial charge in [0.25, 0.3) is 10.0 Å². The molecule has 0 spiro atoms. The maximum absolute atomic E-state index is 12.4. The van der Waals surface area contributed by atoms with Gasteiger partial charge >= 0.3 is 6.47 Å². The predicted octanol–water partition coefficient (Wildman–Crippen LogP) is 2.45. The van der Waals surface area contributed by atoms with Gasteiger partial charge in [0.15, 0.2) is 11.5 Å². The SMILES string of the molecule is COc1cc2c(N(OC=O)S(C)(=O)=O)c3c(nc2cc1OCCCN1CCCC1)CCC3. The van der Waals surface area contributed by atoms with E-state index in [0.29, 0.717) is 45.6 Å². The lowest BCUT2D eigenvalue weighted by Gasteiger charge is -2.23. The molecule has 2 aliphatic rings. The first-order valence-electron chi connectivity index (χ1n) is 10.9. The zero-order chi connectivity index (χ0) is 22.7. The molecule has 1 aliphatic heterocycles. The van der Waals surface area contributed by atoms with Crippen LogP contribution in [0.5, 0.6) is 11.5 Å². The van der Waals surface area contributed by atoms with Crippen molar-refractivity contribution in [2.24, 2.45) is 0 Å². The molecule has 1 aliphatic carbocycles. The summed E-state index contributed by atoms with van der Waals surface area (Å²) in [5, 5.41) is 0.527. The zero-order valence-electron chi connectivity index (χ0n) is 18.5. The summed E-state index contributed by atoms with van der Waals surface area (Å²) in [4.78, 5) is 23.2. The summed E-state index contributed by atoms with van der Waals surface area (Å²) in [5.74, 6) is 1.03. The number of likely N-dealkylation sites (tertiary alicyclic amines) is 1. The van der Waals surface area contributed by atoms with Crippen LogP contribution in [0.3, 0.4) is 0 Å². The molecule has 0 saturated carbocycles. The van der Waals surface area contributed by atoms with Crippen molar-refractivity contribution < 1.29 is 27.5 Å². The van der Waals surface area contributed by atoms with E-state index in [0.717, 1.165) is 56.4 Å². The Bertz CT molecular complexity index is 1100. The predicted molar refractivity (Wildman–Crippen MR) is 121 cm³/mol. The number of ether oxygens (including phenoxy) is 2. The van der Waals surface area contributed by atoms with Crippen molar-refractivity contribution in [1.82, 2.24) is 9.88 Å². The van der Waals surface area contributed by atoms with Gasteiger partial charge in [0.2, 0.25) is 0 Å². The van der Waals surface area contributed by atoms with Gasteiger partial charge in [0.1, 0.15) is 5.69 Å². The smallest absolute Gasteiger partial charge is 0.322 e. The third-order valence-electron chi connectivity index (χ3n) is 5.96. The molecule has 0 unspecified atom stereocenters. The Morgan fingerprint density at radius 2 is 1.94 bits per heavy atom. The van der Waals surface area contributed by atoms with Crippen molar-refractivity contribution in [1.29, 1.82) is 0 Å². The van der Waals surface area contributed by atoms with Gasteiger partial charge in [-0.25, -0.2) is 8.42 Å². The average Bonchev–Trinajstić information content (AvgIpc) is 3.44. The Labute approximate surface area is 188 Å². The number of fused-ring (bicyclic) bond motifs is 2. The van der Waals surface area contributed by atoms with Crippen LogP contribution in [0.2, 0.25) is 0 Å². The van der Waals surface area contributed by atoms with Crippen molar-refractivity contribution in [3.05, 3.63) is 23.4 Å². The molecular formula is C22H29N3O6S. The van der Waals surface area contributed by atoms with E-state index in [1.165, 1.54) is 20.0 Å². The topological polar surface area (TPSA) is 98.3 Å².